The molecular weight excluding hydrogens is 238 g/mol. The number of hydrogen-bond donors (Lipinski definition) is 1. The summed E-state index contributed by atoms with van der Waals surface area (Å²) in [4.78, 5) is 1.40. The molecule has 0 amide bonds. The Morgan fingerprint density at radius 1 is 1.22 bits per heavy atom. The fraction of sp³-hybridized carbons (Fsp3) is 0.625. The van der Waals surface area contributed by atoms with E-state index in [9.17, 15) is 0 Å². The molecular formula is C16H25NS. The van der Waals surface area contributed by atoms with Crippen LogP contribution >= 0.6 is 11.8 Å². The van der Waals surface area contributed by atoms with Crippen LogP contribution < -0.4 is 5.73 Å². The largest absolute Gasteiger partial charge is 0.330 e. The lowest BCUT2D eigenvalue weighted by atomic mass is 9.80. The van der Waals surface area contributed by atoms with Crippen LogP contribution in [0.15, 0.2) is 35.2 Å². The Bertz CT molecular complexity index is 338. The van der Waals surface area contributed by atoms with Gasteiger partial charge in [0.2, 0.25) is 0 Å². The van der Waals surface area contributed by atoms with Crippen molar-refractivity contribution >= 4 is 11.8 Å². The van der Waals surface area contributed by atoms with E-state index in [1.54, 1.807) is 0 Å². The number of rotatable bonds is 5. The van der Waals surface area contributed by atoms with Crippen molar-refractivity contribution in [2.75, 3.05) is 6.54 Å². The highest BCUT2D eigenvalue weighted by molar-refractivity contribution is 8.00. The topological polar surface area (TPSA) is 26.0 Å². The van der Waals surface area contributed by atoms with Crippen LogP contribution in [0.5, 0.6) is 0 Å². The van der Waals surface area contributed by atoms with E-state index >= 15 is 0 Å². The van der Waals surface area contributed by atoms with Crippen molar-refractivity contribution in [2.45, 2.75) is 49.2 Å². The van der Waals surface area contributed by atoms with Gasteiger partial charge >= 0.3 is 0 Å². The van der Waals surface area contributed by atoms with E-state index in [2.05, 4.69) is 37.3 Å². The molecule has 100 valence electrons. The van der Waals surface area contributed by atoms with Crippen LogP contribution in [0.1, 0.15) is 39.0 Å². The maximum absolute atomic E-state index is 5.95. The van der Waals surface area contributed by atoms with Crippen LogP contribution in [0.2, 0.25) is 0 Å². The third kappa shape index (κ3) is 3.76. The van der Waals surface area contributed by atoms with Crippen molar-refractivity contribution < 1.29 is 0 Å². The molecule has 0 aromatic heterocycles. The third-order valence-corrected chi connectivity index (χ3v) is 5.49. The molecule has 1 aromatic rings. The molecule has 2 rings (SSSR count). The molecule has 0 radical (unpaired) electrons. The molecule has 0 spiro atoms. The van der Waals surface area contributed by atoms with E-state index in [1.165, 1.54) is 37.0 Å². The molecule has 2 N–H and O–H groups in total. The van der Waals surface area contributed by atoms with Gasteiger partial charge in [0.05, 0.1) is 0 Å². The number of nitrogens with two attached hydrogens (primary N) is 1. The van der Waals surface area contributed by atoms with Crippen molar-refractivity contribution in [3.63, 3.8) is 0 Å². The summed E-state index contributed by atoms with van der Waals surface area (Å²) in [6, 6.07) is 10.8. The molecule has 0 heterocycles. The van der Waals surface area contributed by atoms with Gasteiger partial charge in [0.15, 0.2) is 0 Å². The first-order chi connectivity index (χ1) is 8.83. The van der Waals surface area contributed by atoms with E-state index in [1.807, 2.05) is 11.8 Å². The highest BCUT2D eigenvalue weighted by atomic mass is 32.2. The second-order valence-corrected chi connectivity index (χ2v) is 6.75. The first-order valence-corrected chi connectivity index (χ1v) is 8.13. The molecule has 1 saturated carbocycles. The second-order valence-electron chi connectivity index (χ2n) is 5.43. The molecule has 0 saturated heterocycles. The smallest absolute Gasteiger partial charge is 0.0137 e. The molecule has 0 aliphatic heterocycles. The lowest BCUT2D eigenvalue weighted by molar-refractivity contribution is 0.276. The van der Waals surface area contributed by atoms with Crippen LogP contribution in [0.3, 0.4) is 0 Å². The van der Waals surface area contributed by atoms with Crippen molar-refractivity contribution in [1.82, 2.24) is 0 Å². The summed E-state index contributed by atoms with van der Waals surface area (Å²) < 4.78 is 0. The summed E-state index contributed by atoms with van der Waals surface area (Å²) in [5.74, 6) is 1.64. The molecule has 0 bridgehead atoms. The zero-order valence-corrected chi connectivity index (χ0v) is 12.2. The average molecular weight is 263 g/mol. The average Bonchev–Trinajstić information content (AvgIpc) is 2.41. The standard InChI is InChI=1S/C16H25NS/c1-2-6-13-9-10-14(12-17)16(11-13)18-15-7-4-3-5-8-15/h3-5,7-8,13-14,16H,2,6,9-12,17H2,1H3. The maximum Gasteiger partial charge on any atom is 0.0137 e. The van der Waals surface area contributed by atoms with Gasteiger partial charge in [-0.25, -0.2) is 0 Å². The predicted octanol–water partition coefficient (Wildman–Crippen LogP) is 4.32. The quantitative estimate of drug-likeness (QED) is 0.856. The third-order valence-electron chi connectivity index (χ3n) is 4.07. The van der Waals surface area contributed by atoms with Crippen molar-refractivity contribution in [2.24, 2.45) is 17.6 Å². The highest BCUT2D eigenvalue weighted by Gasteiger charge is 2.29. The molecule has 1 aliphatic rings. The monoisotopic (exact) mass is 263 g/mol. The first kappa shape index (κ1) is 14.0. The fourth-order valence-electron chi connectivity index (χ4n) is 3.03. The van der Waals surface area contributed by atoms with Gasteiger partial charge in [-0.15, -0.1) is 11.8 Å². The lowest BCUT2D eigenvalue weighted by Gasteiger charge is -2.35. The van der Waals surface area contributed by atoms with Gasteiger partial charge in [-0.05, 0) is 43.4 Å². The summed E-state index contributed by atoms with van der Waals surface area (Å²) in [7, 11) is 0. The van der Waals surface area contributed by atoms with Crippen LogP contribution in [0.25, 0.3) is 0 Å². The fourth-order valence-corrected chi connectivity index (χ4v) is 4.50. The summed E-state index contributed by atoms with van der Waals surface area (Å²) in [6.45, 7) is 3.15. The van der Waals surface area contributed by atoms with Crippen molar-refractivity contribution in [3.05, 3.63) is 30.3 Å². The van der Waals surface area contributed by atoms with Gasteiger partial charge in [-0.3, -0.25) is 0 Å². The Kier molecular flexibility index (Phi) is 5.58. The SMILES string of the molecule is CCCC1CCC(CN)C(Sc2ccccc2)C1. The zero-order chi connectivity index (χ0) is 12.8. The number of hydrogen-bond acceptors (Lipinski definition) is 2. The lowest BCUT2D eigenvalue weighted by Crippen LogP contribution is -2.32. The van der Waals surface area contributed by atoms with Gasteiger partial charge in [-0.2, -0.15) is 0 Å². The van der Waals surface area contributed by atoms with Crippen LogP contribution in [0.4, 0.5) is 0 Å². The van der Waals surface area contributed by atoms with Gasteiger partial charge in [0.1, 0.15) is 0 Å². The molecule has 1 aliphatic carbocycles. The van der Waals surface area contributed by atoms with Crippen LogP contribution in [-0.4, -0.2) is 11.8 Å². The maximum atomic E-state index is 5.95. The molecule has 1 fully saturated rings. The second kappa shape index (κ2) is 7.20. The van der Waals surface area contributed by atoms with Gasteiger partial charge in [0, 0.05) is 10.1 Å². The van der Waals surface area contributed by atoms with E-state index in [0.29, 0.717) is 5.92 Å². The molecule has 2 heteroatoms. The van der Waals surface area contributed by atoms with Crippen molar-refractivity contribution in [1.29, 1.82) is 0 Å². The summed E-state index contributed by atoms with van der Waals surface area (Å²) in [5.41, 5.74) is 5.95. The van der Waals surface area contributed by atoms with E-state index in [0.717, 1.165) is 17.7 Å². The molecule has 3 atom stereocenters. The van der Waals surface area contributed by atoms with E-state index in [4.69, 9.17) is 5.73 Å². The number of benzene rings is 1. The minimum absolute atomic E-state index is 0.711. The predicted molar refractivity (Wildman–Crippen MR) is 80.9 cm³/mol. The van der Waals surface area contributed by atoms with Gasteiger partial charge < -0.3 is 5.73 Å². The van der Waals surface area contributed by atoms with E-state index in [-0.39, 0.29) is 0 Å². The van der Waals surface area contributed by atoms with Gasteiger partial charge in [-0.1, -0.05) is 44.4 Å². The summed E-state index contributed by atoms with van der Waals surface area (Å²) in [6.07, 6.45) is 6.78. The molecule has 1 aromatic carbocycles. The number of thioether (sulfide) groups is 1. The minimum Gasteiger partial charge on any atom is -0.330 e. The Balaban J connectivity index is 1.98. The summed E-state index contributed by atoms with van der Waals surface area (Å²) in [5, 5.41) is 0.725. The highest BCUT2D eigenvalue weighted by Crippen LogP contribution is 2.40. The molecule has 1 nitrogen and oxygen atoms in total. The Hall–Kier alpha value is -0.470. The molecule has 3 unspecified atom stereocenters. The summed E-state index contributed by atoms with van der Waals surface area (Å²) >= 11 is 2.05. The normalized spacial score (nSPS) is 28.2. The Morgan fingerprint density at radius 3 is 2.67 bits per heavy atom. The van der Waals surface area contributed by atoms with Crippen LogP contribution in [0, 0.1) is 11.8 Å². The Morgan fingerprint density at radius 2 is 2.00 bits per heavy atom. The molecule has 18 heavy (non-hydrogen) atoms. The van der Waals surface area contributed by atoms with E-state index < -0.39 is 0 Å². The first-order valence-electron chi connectivity index (χ1n) is 7.25. The Labute approximate surface area is 116 Å². The van der Waals surface area contributed by atoms with Gasteiger partial charge in [0.25, 0.3) is 0 Å². The van der Waals surface area contributed by atoms with Crippen LogP contribution in [-0.2, 0) is 0 Å². The zero-order valence-electron chi connectivity index (χ0n) is 11.3. The minimum atomic E-state index is 0.711. The van der Waals surface area contributed by atoms with Crippen molar-refractivity contribution in [3.8, 4) is 0 Å².